The number of thiocarbonyl (C=S) groups is 1. The van der Waals surface area contributed by atoms with Gasteiger partial charge in [-0.15, -0.1) is 0 Å². The first-order chi connectivity index (χ1) is 13.5. The van der Waals surface area contributed by atoms with E-state index in [2.05, 4.69) is 0 Å². The third-order valence-electron chi connectivity index (χ3n) is 4.06. The van der Waals surface area contributed by atoms with Crippen LogP contribution < -0.4 is 4.90 Å². The second-order valence-electron chi connectivity index (χ2n) is 6.02. The maximum Gasteiger partial charge on any atom is 0.270 e. The van der Waals surface area contributed by atoms with Gasteiger partial charge in [0.2, 0.25) is 0 Å². The van der Waals surface area contributed by atoms with Gasteiger partial charge in [-0.3, -0.25) is 9.69 Å². The second-order valence-corrected chi connectivity index (χ2v) is 9.21. The molecule has 0 N–H and O–H groups in total. The van der Waals surface area contributed by atoms with Crippen molar-refractivity contribution in [3.05, 3.63) is 81.9 Å². The number of halogens is 1. The van der Waals surface area contributed by atoms with Gasteiger partial charge in [-0.05, 0) is 55.0 Å². The van der Waals surface area contributed by atoms with Gasteiger partial charge in [0.1, 0.15) is 5.76 Å². The highest BCUT2D eigenvalue weighted by atomic mass is 35.5. The number of carbonyl (C=O) groups is 1. The smallest absolute Gasteiger partial charge is 0.270 e. The van der Waals surface area contributed by atoms with Crippen molar-refractivity contribution >= 4 is 69.3 Å². The summed E-state index contributed by atoms with van der Waals surface area (Å²) >= 11 is 14.1. The molecule has 2 aromatic carbocycles. The largest absolute Gasteiger partial charge is 0.450 e. The summed E-state index contributed by atoms with van der Waals surface area (Å²) in [5.74, 6) is 0.481. The van der Waals surface area contributed by atoms with E-state index in [9.17, 15) is 4.79 Å². The quantitative estimate of drug-likeness (QED) is 0.327. The van der Waals surface area contributed by atoms with Crippen molar-refractivity contribution in [2.75, 3.05) is 4.90 Å². The second kappa shape index (κ2) is 8.17. The molecule has 1 aliphatic rings. The molecule has 0 bridgehead atoms. The monoisotopic (exact) mass is 443 g/mol. The molecule has 0 aliphatic carbocycles. The number of hydrogen-bond acceptors (Lipinski definition) is 5. The Bertz CT molecular complexity index is 1090. The van der Waals surface area contributed by atoms with Crippen molar-refractivity contribution in [2.45, 2.75) is 16.9 Å². The third kappa shape index (κ3) is 4.05. The Kier molecular flexibility index (Phi) is 5.64. The number of nitrogens with zero attached hydrogens (tertiary/aromatic N) is 1. The van der Waals surface area contributed by atoms with Crippen LogP contribution in [0.4, 0.5) is 5.69 Å². The molecule has 1 fully saturated rings. The predicted molar refractivity (Wildman–Crippen MR) is 121 cm³/mol. The summed E-state index contributed by atoms with van der Waals surface area (Å²) in [6.45, 7) is 1.96. The van der Waals surface area contributed by atoms with Crippen molar-refractivity contribution in [1.29, 1.82) is 0 Å². The molecule has 1 aromatic heterocycles. The molecule has 0 unspecified atom stereocenters. The number of furan rings is 1. The van der Waals surface area contributed by atoms with Crippen molar-refractivity contribution in [3.63, 3.8) is 0 Å². The number of thioether (sulfide) groups is 1. The molecule has 1 saturated heterocycles. The topological polar surface area (TPSA) is 33.5 Å². The lowest BCUT2D eigenvalue weighted by molar-refractivity contribution is -0.113. The zero-order chi connectivity index (χ0) is 19.7. The van der Waals surface area contributed by atoms with E-state index in [1.54, 1.807) is 11.0 Å². The minimum Gasteiger partial charge on any atom is -0.450 e. The predicted octanol–water partition coefficient (Wildman–Crippen LogP) is 6.80. The van der Waals surface area contributed by atoms with Crippen LogP contribution in [0.1, 0.15) is 11.3 Å². The lowest BCUT2D eigenvalue weighted by Crippen LogP contribution is -2.28. The molecule has 0 radical (unpaired) electrons. The van der Waals surface area contributed by atoms with Gasteiger partial charge >= 0.3 is 0 Å². The van der Waals surface area contributed by atoms with Crippen LogP contribution in [0.3, 0.4) is 0 Å². The summed E-state index contributed by atoms with van der Waals surface area (Å²) in [5, 5.41) is 1.43. The number of benzene rings is 2. The Hall–Kier alpha value is -1.99. The molecule has 3 aromatic rings. The van der Waals surface area contributed by atoms with Crippen LogP contribution in [-0.4, -0.2) is 10.2 Å². The van der Waals surface area contributed by atoms with Crippen molar-refractivity contribution in [3.8, 4) is 0 Å². The van der Waals surface area contributed by atoms with Crippen LogP contribution in [0.25, 0.3) is 6.08 Å². The molecular formula is C21H14ClNO2S3. The molecule has 0 atom stereocenters. The molecule has 0 spiro atoms. The Morgan fingerprint density at radius 2 is 1.86 bits per heavy atom. The number of hydrogen-bond donors (Lipinski definition) is 0. The van der Waals surface area contributed by atoms with E-state index < -0.39 is 0 Å². The standard InChI is InChI=1S/C21H14ClNO2S3/c1-13-4-2-3-5-17(13)23-20(24)18(28-21(23)26)12-15-8-11-19(25-15)27-16-9-6-14(22)7-10-16/h2-12H,1H3. The Morgan fingerprint density at radius 1 is 1.11 bits per heavy atom. The van der Waals surface area contributed by atoms with E-state index in [0.717, 1.165) is 21.2 Å². The molecule has 4 rings (SSSR count). The van der Waals surface area contributed by atoms with Crippen LogP contribution in [0, 0.1) is 6.92 Å². The summed E-state index contributed by atoms with van der Waals surface area (Å²) in [6, 6.07) is 19.0. The maximum atomic E-state index is 12.9. The summed E-state index contributed by atoms with van der Waals surface area (Å²) in [4.78, 5) is 16.0. The molecule has 1 amide bonds. The van der Waals surface area contributed by atoms with Crippen molar-refractivity contribution in [2.24, 2.45) is 0 Å². The van der Waals surface area contributed by atoms with Crippen molar-refractivity contribution in [1.82, 2.24) is 0 Å². The summed E-state index contributed by atoms with van der Waals surface area (Å²) in [6.07, 6.45) is 1.74. The van der Waals surface area contributed by atoms with Gasteiger partial charge in [-0.2, -0.15) is 0 Å². The molecule has 1 aliphatic heterocycles. The Labute approximate surface area is 181 Å². The number of para-hydroxylation sites is 1. The molecule has 7 heteroatoms. The van der Waals surface area contributed by atoms with Crippen LogP contribution in [0.5, 0.6) is 0 Å². The first kappa shape index (κ1) is 19.3. The molecule has 140 valence electrons. The summed E-state index contributed by atoms with van der Waals surface area (Å²) in [5.41, 5.74) is 1.81. The summed E-state index contributed by atoms with van der Waals surface area (Å²) in [7, 11) is 0. The van der Waals surface area contributed by atoms with E-state index in [4.69, 9.17) is 28.2 Å². The zero-order valence-corrected chi connectivity index (χ0v) is 17.9. The fraction of sp³-hybridized carbons (Fsp3) is 0.0476. The van der Waals surface area contributed by atoms with Crippen LogP contribution in [-0.2, 0) is 4.79 Å². The lowest BCUT2D eigenvalue weighted by atomic mass is 10.2. The zero-order valence-electron chi connectivity index (χ0n) is 14.7. The number of amides is 1. The fourth-order valence-corrected chi connectivity index (χ4v) is 4.87. The Morgan fingerprint density at radius 3 is 2.61 bits per heavy atom. The van der Waals surface area contributed by atoms with Crippen LogP contribution in [0.15, 0.2) is 80.0 Å². The van der Waals surface area contributed by atoms with E-state index in [0.29, 0.717) is 20.0 Å². The summed E-state index contributed by atoms with van der Waals surface area (Å²) < 4.78 is 6.38. The van der Waals surface area contributed by atoms with Gasteiger partial charge in [0.05, 0.1) is 10.6 Å². The third-order valence-corrected chi connectivity index (χ3v) is 6.54. The normalized spacial score (nSPS) is 15.6. The van der Waals surface area contributed by atoms with Gasteiger partial charge in [0.25, 0.3) is 5.91 Å². The Balaban J connectivity index is 1.54. The number of rotatable bonds is 4. The number of anilines is 1. The first-order valence-electron chi connectivity index (χ1n) is 8.38. The van der Waals surface area contributed by atoms with E-state index in [1.807, 2.05) is 67.6 Å². The lowest BCUT2D eigenvalue weighted by Gasteiger charge is -2.16. The van der Waals surface area contributed by atoms with E-state index in [1.165, 1.54) is 23.5 Å². The molecule has 0 saturated carbocycles. The van der Waals surface area contributed by atoms with Gasteiger partial charge in [-0.1, -0.05) is 65.5 Å². The van der Waals surface area contributed by atoms with Crippen LogP contribution >= 0.6 is 47.3 Å². The molecule has 28 heavy (non-hydrogen) atoms. The van der Waals surface area contributed by atoms with Crippen molar-refractivity contribution < 1.29 is 9.21 Å². The minimum atomic E-state index is -0.132. The maximum absolute atomic E-state index is 12.9. The van der Waals surface area contributed by atoms with Gasteiger partial charge < -0.3 is 4.42 Å². The SMILES string of the molecule is Cc1ccccc1N1C(=O)C(=Cc2ccc(Sc3ccc(Cl)cc3)o2)SC1=S. The minimum absolute atomic E-state index is 0.132. The first-order valence-corrected chi connectivity index (χ1v) is 10.8. The van der Waals surface area contributed by atoms with E-state index >= 15 is 0 Å². The highest BCUT2D eigenvalue weighted by molar-refractivity contribution is 8.27. The average Bonchev–Trinajstić information content (AvgIpc) is 3.22. The van der Waals surface area contributed by atoms with Gasteiger partial charge in [0, 0.05) is 16.0 Å². The molecule has 3 nitrogen and oxygen atoms in total. The highest BCUT2D eigenvalue weighted by Gasteiger charge is 2.34. The average molecular weight is 444 g/mol. The fourth-order valence-electron chi connectivity index (χ4n) is 2.70. The van der Waals surface area contributed by atoms with Crippen LogP contribution in [0.2, 0.25) is 5.02 Å². The molecule has 2 heterocycles. The number of carbonyl (C=O) groups excluding carboxylic acids is 1. The van der Waals surface area contributed by atoms with E-state index in [-0.39, 0.29) is 5.91 Å². The van der Waals surface area contributed by atoms with Gasteiger partial charge in [-0.25, -0.2) is 0 Å². The highest BCUT2D eigenvalue weighted by Crippen LogP contribution is 2.38. The van der Waals surface area contributed by atoms with Gasteiger partial charge in [0.15, 0.2) is 9.41 Å². The molecular weight excluding hydrogens is 430 g/mol. The number of aryl methyl sites for hydroxylation is 1.